The van der Waals surface area contributed by atoms with Crippen molar-refractivity contribution in [2.75, 3.05) is 14.1 Å². The third-order valence-corrected chi connectivity index (χ3v) is 3.40. The highest BCUT2D eigenvalue weighted by molar-refractivity contribution is 7.09. The zero-order valence-corrected chi connectivity index (χ0v) is 8.32. The number of aromatic nitrogens is 1. The molecule has 2 nitrogen and oxygen atoms in total. The fourth-order valence-electron chi connectivity index (χ4n) is 1.67. The molecule has 1 radical (unpaired) electrons. The van der Waals surface area contributed by atoms with Crippen molar-refractivity contribution in [3.8, 4) is 0 Å². The monoisotopic (exact) mass is 181 g/mol. The Morgan fingerprint density at radius 2 is 2.42 bits per heavy atom. The van der Waals surface area contributed by atoms with Crippen molar-refractivity contribution < 1.29 is 0 Å². The first-order valence-electron chi connectivity index (χ1n) is 4.28. The Balaban J connectivity index is 2.15. The molecule has 1 atom stereocenters. The molecule has 1 aliphatic rings. The van der Waals surface area contributed by atoms with Crippen LogP contribution in [0.15, 0.2) is 0 Å². The van der Waals surface area contributed by atoms with E-state index in [2.05, 4.69) is 29.5 Å². The van der Waals surface area contributed by atoms with E-state index in [1.807, 2.05) is 0 Å². The molecule has 12 heavy (non-hydrogen) atoms. The van der Waals surface area contributed by atoms with Gasteiger partial charge in [0.25, 0.3) is 0 Å². The van der Waals surface area contributed by atoms with E-state index in [0.29, 0.717) is 6.04 Å². The van der Waals surface area contributed by atoms with Crippen LogP contribution in [0.25, 0.3) is 0 Å². The lowest BCUT2D eigenvalue weighted by Gasteiger charge is -2.27. The predicted molar refractivity (Wildman–Crippen MR) is 50.5 cm³/mol. The standard InChI is InChI=1S/C9H13N2S/c1-11(2)7-3-4-9-8(5-7)10-6-12-9/h7H,3-5H2,1-2H3. The fraction of sp³-hybridized carbons (Fsp3) is 0.667. The Morgan fingerprint density at radius 1 is 1.58 bits per heavy atom. The molecule has 65 valence electrons. The van der Waals surface area contributed by atoms with E-state index in [1.54, 1.807) is 11.3 Å². The summed E-state index contributed by atoms with van der Waals surface area (Å²) in [6.45, 7) is 0. The van der Waals surface area contributed by atoms with Crippen molar-refractivity contribution in [3.05, 3.63) is 16.1 Å². The van der Waals surface area contributed by atoms with E-state index in [9.17, 15) is 0 Å². The molecule has 2 rings (SSSR count). The number of hydrogen-bond acceptors (Lipinski definition) is 3. The van der Waals surface area contributed by atoms with Gasteiger partial charge in [-0.2, -0.15) is 0 Å². The van der Waals surface area contributed by atoms with Crippen LogP contribution in [0.1, 0.15) is 17.0 Å². The van der Waals surface area contributed by atoms with Crippen molar-refractivity contribution in [1.82, 2.24) is 9.88 Å². The van der Waals surface area contributed by atoms with Gasteiger partial charge in [-0.15, -0.1) is 11.3 Å². The molecule has 0 saturated heterocycles. The van der Waals surface area contributed by atoms with Gasteiger partial charge >= 0.3 is 0 Å². The maximum Gasteiger partial charge on any atom is 0.152 e. The number of rotatable bonds is 1. The Labute approximate surface area is 77.2 Å². The van der Waals surface area contributed by atoms with E-state index in [-0.39, 0.29) is 0 Å². The third kappa shape index (κ3) is 1.39. The van der Waals surface area contributed by atoms with Crippen molar-refractivity contribution in [3.63, 3.8) is 0 Å². The molecule has 0 saturated carbocycles. The lowest BCUT2D eigenvalue weighted by Crippen LogP contribution is -2.33. The maximum absolute atomic E-state index is 4.26. The van der Waals surface area contributed by atoms with Gasteiger partial charge in [-0.05, 0) is 26.9 Å². The van der Waals surface area contributed by atoms with Gasteiger partial charge in [0.05, 0.1) is 5.69 Å². The molecule has 0 aliphatic heterocycles. The second-order valence-corrected chi connectivity index (χ2v) is 4.41. The molecule has 1 unspecified atom stereocenters. The molecule has 1 heterocycles. The summed E-state index contributed by atoms with van der Waals surface area (Å²) in [5, 5.41) is 0. The zero-order valence-electron chi connectivity index (χ0n) is 7.50. The average Bonchev–Trinajstić information content (AvgIpc) is 2.49. The van der Waals surface area contributed by atoms with Crippen LogP contribution >= 0.6 is 11.3 Å². The molecule has 0 N–H and O–H groups in total. The second kappa shape index (κ2) is 3.15. The van der Waals surface area contributed by atoms with Crippen LogP contribution < -0.4 is 0 Å². The quantitative estimate of drug-likeness (QED) is 0.650. The van der Waals surface area contributed by atoms with Gasteiger partial charge in [-0.1, -0.05) is 0 Å². The molecule has 0 aromatic carbocycles. The summed E-state index contributed by atoms with van der Waals surface area (Å²) < 4.78 is 0. The largest absolute Gasteiger partial charge is 0.306 e. The first-order chi connectivity index (χ1) is 5.77. The summed E-state index contributed by atoms with van der Waals surface area (Å²) in [5.41, 5.74) is 4.26. The van der Waals surface area contributed by atoms with E-state index < -0.39 is 0 Å². The predicted octanol–water partition coefficient (Wildman–Crippen LogP) is 1.36. The van der Waals surface area contributed by atoms with E-state index in [1.165, 1.54) is 23.4 Å². The molecule has 0 fully saturated rings. The van der Waals surface area contributed by atoms with Crippen LogP contribution in [0.3, 0.4) is 0 Å². The molecule has 0 bridgehead atoms. The second-order valence-electron chi connectivity index (χ2n) is 3.54. The number of aryl methyl sites for hydroxylation is 1. The number of thiazole rings is 1. The maximum atomic E-state index is 4.26. The first kappa shape index (κ1) is 8.20. The van der Waals surface area contributed by atoms with E-state index in [4.69, 9.17) is 0 Å². The molecule has 3 heteroatoms. The Hall–Kier alpha value is -0.410. The summed E-state index contributed by atoms with van der Waals surface area (Å²) in [4.78, 5) is 8.00. The van der Waals surface area contributed by atoms with Crippen LogP contribution in [-0.2, 0) is 12.8 Å². The highest BCUT2D eigenvalue weighted by atomic mass is 32.1. The van der Waals surface area contributed by atoms with Crippen molar-refractivity contribution in [2.45, 2.75) is 25.3 Å². The normalized spacial score (nSPS) is 22.8. The minimum absolute atomic E-state index is 0.688. The van der Waals surface area contributed by atoms with Gasteiger partial charge in [0, 0.05) is 17.3 Å². The third-order valence-electron chi connectivity index (χ3n) is 2.54. The van der Waals surface area contributed by atoms with Gasteiger partial charge in [0.2, 0.25) is 0 Å². The van der Waals surface area contributed by atoms with Gasteiger partial charge in [0.15, 0.2) is 5.51 Å². The Bertz CT molecular complexity index is 267. The number of nitrogens with zero attached hydrogens (tertiary/aromatic N) is 2. The van der Waals surface area contributed by atoms with Crippen LogP contribution in [0.2, 0.25) is 0 Å². The summed E-state index contributed by atoms with van der Waals surface area (Å²) in [6.07, 6.45) is 3.58. The Kier molecular flexibility index (Phi) is 2.15. The number of hydrogen-bond donors (Lipinski definition) is 0. The van der Waals surface area contributed by atoms with Gasteiger partial charge in [-0.3, -0.25) is 0 Å². The zero-order chi connectivity index (χ0) is 8.55. The van der Waals surface area contributed by atoms with Gasteiger partial charge in [-0.25, -0.2) is 4.98 Å². The smallest absolute Gasteiger partial charge is 0.152 e. The van der Waals surface area contributed by atoms with E-state index in [0.717, 1.165) is 6.42 Å². The molecule has 1 aromatic heterocycles. The molecule has 0 amide bonds. The van der Waals surface area contributed by atoms with Crippen LogP contribution in [0.4, 0.5) is 0 Å². The average molecular weight is 181 g/mol. The molecular weight excluding hydrogens is 168 g/mol. The first-order valence-corrected chi connectivity index (χ1v) is 5.10. The number of likely N-dealkylation sites (N-methyl/N-ethyl adjacent to an activating group) is 1. The molecular formula is C9H13N2S. The minimum atomic E-state index is 0.688. The number of fused-ring (bicyclic) bond motifs is 1. The van der Waals surface area contributed by atoms with Crippen molar-refractivity contribution in [1.29, 1.82) is 0 Å². The van der Waals surface area contributed by atoms with Crippen LogP contribution in [-0.4, -0.2) is 30.0 Å². The van der Waals surface area contributed by atoms with Gasteiger partial charge < -0.3 is 4.90 Å². The van der Waals surface area contributed by atoms with Crippen molar-refractivity contribution in [2.24, 2.45) is 0 Å². The summed E-state index contributed by atoms with van der Waals surface area (Å²) in [5.74, 6) is 0. The summed E-state index contributed by atoms with van der Waals surface area (Å²) >= 11 is 1.68. The Morgan fingerprint density at radius 3 is 3.17 bits per heavy atom. The van der Waals surface area contributed by atoms with Gasteiger partial charge in [0.1, 0.15) is 0 Å². The lowest BCUT2D eigenvalue weighted by molar-refractivity contribution is 0.267. The molecule has 0 spiro atoms. The molecule has 1 aliphatic carbocycles. The van der Waals surface area contributed by atoms with E-state index >= 15 is 0 Å². The van der Waals surface area contributed by atoms with Crippen LogP contribution in [0.5, 0.6) is 0 Å². The van der Waals surface area contributed by atoms with Crippen LogP contribution in [0, 0.1) is 5.51 Å². The summed E-state index contributed by atoms with van der Waals surface area (Å²) in [6, 6.07) is 0.688. The minimum Gasteiger partial charge on any atom is -0.306 e. The fourth-order valence-corrected chi connectivity index (χ4v) is 2.41. The lowest BCUT2D eigenvalue weighted by atomic mass is 9.97. The highest BCUT2D eigenvalue weighted by Crippen LogP contribution is 2.24. The SMILES string of the molecule is CN(C)C1CCc2s[c]nc2C1. The van der Waals surface area contributed by atoms with Crippen molar-refractivity contribution >= 4 is 11.3 Å². The highest BCUT2D eigenvalue weighted by Gasteiger charge is 2.21. The molecule has 1 aromatic rings. The summed E-state index contributed by atoms with van der Waals surface area (Å²) in [7, 11) is 4.29. The topological polar surface area (TPSA) is 16.1 Å².